The first-order valence-electron chi connectivity index (χ1n) is 21.4. The van der Waals surface area contributed by atoms with Crippen molar-refractivity contribution < 1.29 is 37.4 Å². The van der Waals surface area contributed by atoms with Gasteiger partial charge in [-0.25, -0.2) is 9.55 Å². The van der Waals surface area contributed by atoms with Crippen LogP contribution in [-0.4, -0.2) is 61.6 Å². The van der Waals surface area contributed by atoms with E-state index in [1.54, 1.807) is 49.4 Å². The molecular weight excluding hydrogens is 774 g/mol. The molecule has 4 N–H and O–H groups in total. The molecule has 0 aliphatic carbocycles. The lowest BCUT2D eigenvalue weighted by molar-refractivity contribution is -0.146. The molecule has 4 rings (SSSR count). The molecule has 0 radical (unpaired) electrons. The summed E-state index contributed by atoms with van der Waals surface area (Å²) < 4.78 is 54.3. The third-order valence-electron chi connectivity index (χ3n) is 10.5. The molecular formula is C44H66FN6O7P. The molecule has 15 heteroatoms. The molecule has 1 fully saturated rings. The predicted octanol–water partition coefficient (Wildman–Crippen LogP) is 10.2. The number of para-hydroxylation sites is 1. The molecule has 1 saturated heterocycles. The smallest absolute Gasteiger partial charge is 0.459 e. The summed E-state index contributed by atoms with van der Waals surface area (Å²) in [6.45, 7) is 9.29. The molecule has 3 heterocycles. The molecule has 0 saturated carbocycles. The zero-order valence-electron chi connectivity index (χ0n) is 35.2. The van der Waals surface area contributed by atoms with Gasteiger partial charge in [0.05, 0.1) is 25.6 Å². The number of rotatable bonds is 29. The number of anilines is 1. The van der Waals surface area contributed by atoms with Gasteiger partial charge in [0.1, 0.15) is 23.6 Å². The van der Waals surface area contributed by atoms with E-state index in [4.69, 9.17) is 24.3 Å². The second-order valence-electron chi connectivity index (χ2n) is 15.5. The molecule has 0 spiro atoms. The van der Waals surface area contributed by atoms with Crippen LogP contribution >= 0.6 is 7.75 Å². The van der Waals surface area contributed by atoms with Crippen molar-refractivity contribution in [3.63, 3.8) is 0 Å². The van der Waals surface area contributed by atoms with Gasteiger partial charge in [0.2, 0.25) is 0 Å². The fourth-order valence-corrected chi connectivity index (χ4v) is 8.72. The number of nitrogen functional groups attached to an aromatic ring is 1. The van der Waals surface area contributed by atoms with Gasteiger partial charge in [0.25, 0.3) is 0 Å². The van der Waals surface area contributed by atoms with Gasteiger partial charge in [-0.2, -0.15) is 19.4 Å². The van der Waals surface area contributed by atoms with Gasteiger partial charge in [-0.3, -0.25) is 13.9 Å². The van der Waals surface area contributed by atoms with E-state index in [0.29, 0.717) is 6.42 Å². The van der Waals surface area contributed by atoms with Gasteiger partial charge in [-0.1, -0.05) is 146 Å². The Morgan fingerprint density at radius 2 is 1.69 bits per heavy atom. The number of unbranched alkanes of at least 4 members (excludes halogenated alkanes) is 14. The molecule has 1 aliphatic rings. The normalized spacial score (nSPS) is 19.9. The standard InChI is InChI=1S/C44H66FN6O7P/c1-5-8-9-10-11-12-13-14-15-16-17-18-19-20-24-29-55-42(53)36(30-34(25-6-2)26-7-3)50-59(54,58-35-27-22-21-23-28-35)56-32-44(4)37(52)31-38(57-44)51-33-47-39-40(46)48-43(45)49-41(39)51/h6-7,21-23,25-28,33,36-38,52H,2,5,8-20,24,29-32H2,1,3-4H3,(H,50,54)(H2,46,48,49)/b26-7-,34-25+/t36-,37-,38+,44+,59?/m0/s1. The topological polar surface area (TPSA) is 173 Å². The van der Waals surface area contributed by atoms with Crippen LogP contribution in [0.5, 0.6) is 5.75 Å². The van der Waals surface area contributed by atoms with Crippen molar-refractivity contribution in [2.45, 2.75) is 154 Å². The highest BCUT2D eigenvalue weighted by molar-refractivity contribution is 7.52. The largest absolute Gasteiger partial charge is 0.465 e. The Balaban J connectivity index is 1.36. The van der Waals surface area contributed by atoms with E-state index in [-0.39, 0.29) is 42.2 Å². The molecule has 326 valence electrons. The highest BCUT2D eigenvalue weighted by atomic mass is 31.2. The number of aliphatic hydroxyl groups is 1. The number of esters is 1. The van der Waals surface area contributed by atoms with Gasteiger partial charge >= 0.3 is 19.8 Å². The monoisotopic (exact) mass is 840 g/mol. The lowest BCUT2D eigenvalue weighted by Crippen LogP contribution is -2.43. The Hall–Kier alpha value is -3.94. The average Bonchev–Trinajstić information content (AvgIpc) is 3.77. The second-order valence-corrected chi connectivity index (χ2v) is 17.2. The molecule has 0 amide bonds. The van der Waals surface area contributed by atoms with Gasteiger partial charge in [-0.15, -0.1) is 0 Å². The maximum absolute atomic E-state index is 14.7. The van der Waals surface area contributed by atoms with Gasteiger partial charge in [0, 0.05) is 6.42 Å². The lowest BCUT2D eigenvalue weighted by Gasteiger charge is -2.31. The van der Waals surface area contributed by atoms with E-state index in [9.17, 15) is 18.9 Å². The number of benzene rings is 1. The first-order chi connectivity index (χ1) is 28.5. The summed E-state index contributed by atoms with van der Waals surface area (Å²) in [5.41, 5.74) is 5.41. The minimum atomic E-state index is -4.40. The Labute approximate surface area is 349 Å². The molecule has 3 aromatic rings. The van der Waals surface area contributed by atoms with Crippen LogP contribution in [0.1, 0.15) is 136 Å². The van der Waals surface area contributed by atoms with Crippen LogP contribution in [0.3, 0.4) is 0 Å². The summed E-state index contributed by atoms with van der Waals surface area (Å²) in [7, 11) is -4.40. The number of carbonyl (C=O) groups is 1. The summed E-state index contributed by atoms with van der Waals surface area (Å²) in [4.78, 5) is 25.3. The summed E-state index contributed by atoms with van der Waals surface area (Å²) in [6, 6.07) is 7.28. The fourth-order valence-electron chi connectivity index (χ4n) is 7.14. The van der Waals surface area contributed by atoms with Crippen LogP contribution in [0.25, 0.3) is 11.2 Å². The molecule has 2 aromatic heterocycles. The van der Waals surface area contributed by atoms with Crippen molar-refractivity contribution in [3.8, 4) is 5.75 Å². The SMILES string of the molecule is C=C/C=C(\C=C/C)C[C@H](NP(=O)(OC[C@@]1(C)O[C@@H](n2cnc3c(N)nc(F)nc32)C[C@@H]1O)Oc1ccccc1)C(=O)OCCCCCCCCCCCCCCCCC. The van der Waals surface area contributed by atoms with E-state index >= 15 is 0 Å². The third kappa shape index (κ3) is 15.6. The number of hydrogen-bond acceptors (Lipinski definition) is 11. The zero-order chi connectivity index (χ0) is 42.5. The van der Waals surface area contributed by atoms with Crippen LogP contribution in [0.2, 0.25) is 0 Å². The van der Waals surface area contributed by atoms with E-state index < -0.39 is 50.4 Å². The second kappa shape index (κ2) is 25.0. The quantitative estimate of drug-likeness (QED) is 0.0199. The number of fused-ring (bicyclic) bond motifs is 1. The van der Waals surface area contributed by atoms with Crippen LogP contribution in [0.4, 0.5) is 10.2 Å². The molecule has 59 heavy (non-hydrogen) atoms. The van der Waals surface area contributed by atoms with Gasteiger partial charge in [0.15, 0.2) is 17.0 Å². The summed E-state index contributed by atoms with van der Waals surface area (Å²) in [5, 5.41) is 14.1. The predicted molar refractivity (Wildman–Crippen MR) is 230 cm³/mol. The molecule has 13 nitrogen and oxygen atoms in total. The van der Waals surface area contributed by atoms with Crippen molar-refractivity contribution in [1.82, 2.24) is 24.6 Å². The van der Waals surface area contributed by atoms with E-state index in [0.717, 1.165) is 24.8 Å². The zero-order valence-corrected chi connectivity index (χ0v) is 36.1. The number of imidazole rings is 1. The van der Waals surface area contributed by atoms with Crippen molar-refractivity contribution in [3.05, 3.63) is 79.2 Å². The maximum Gasteiger partial charge on any atom is 0.459 e. The van der Waals surface area contributed by atoms with E-state index in [2.05, 4.69) is 33.5 Å². The van der Waals surface area contributed by atoms with Crippen molar-refractivity contribution in [1.29, 1.82) is 0 Å². The molecule has 1 aromatic carbocycles. The highest BCUT2D eigenvalue weighted by Gasteiger charge is 2.48. The number of aromatic nitrogens is 4. The number of halogens is 1. The Bertz CT molecular complexity index is 1840. The highest BCUT2D eigenvalue weighted by Crippen LogP contribution is 2.48. The number of allylic oxidation sites excluding steroid dienone is 4. The van der Waals surface area contributed by atoms with Crippen molar-refractivity contribution in [2.75, 3.05) is 18.9 Å². The Morgan fingerprint density at radius 1 is 1.07 bits per heavy atom. The maximum atomic E-state index is 14.7. The van der Waals surface area contributed by atoms with Crippen LogP contribution in [0, 0.1) is 6.08 Å². The van der Waals surface area contributed by atoms with Crippen LogP contribution < -0.4 is 15.3 Å². The molecule has 5 atom stereocenters. The first kappa shape index (κ1) is 47.7. The van der Waals surface area contributed by atoms with Crippen molar-refractivity contribution in [2.24, 2.45) is 0 Å². The summed E-state index contributed by atoms with van der Waals surface area (Å²) >= 11 is 0. The van der Waals surface area contributed by atoms with Gasteiger partial charge < -0.3 is 24.8 Å². The lowest BCUT2D eigenvalue weighted by atomic mass is 10.0. The molecule has 1 aliphatic heterocycles. The minimum absolute atomic E-state index is 0.0431. The number of nitrogens with two attached hydrogens (primary N) is 1. The van der Waals surface area contributed by atoms with Crippen LogP contribution in [-0.2, 0) is 23.4 Å². The summed E-state index contributed by atoms with van der Waals surface area (Å²) in [6.07, 6.45) is 23.9. The first-order valence-corrected chi connectivity index (χ1v) is 22.9. The van der Waals surface area contributed by atoms with E-state index in [1.165, 1.54) is 81.5 Å². The Kier molecular flexibility index (Phi) is 20.2. The van der Waals surface area contributed by atoms with Crippen LogP contribution in [0.15, 0.2) is 73.1 Å². The molecule has 0 bridgehead atoms. The number of nitrogens with one attached hydrogen (secondary N) is 1. The number of nitrogens with zero attached hydrogens (tertiary/aromatic N) is 4. The fraction of sp³-hybridized carbons (Fsp3) is 0.591. The average molecular weight is 841 g/mol. The van der Waals surface area contributed by atoms with Crippen molar-refractivity contribution >= 4 is 30.7 Å². The number of ether oxygens (including phenoxy) is 2. The number of aliphatic hydroxyl groups excluding tert-OH is 1. The third-order valence-corrected chi connectivity index (χ3v) is 12.0. The number of carbonyl (C=O) groups excluding carboxylic acids is 1. The minimum Gasteiger partial charge on any atom is -0.465 e. The Morgan fingerprint density at radius 3 is 2.31 bits per heavy atom. The molecule has 1 unspecified atom stereocenters. The summed E-state index contributed by atoms with van der Waals surface area (Å²) in [5.74, 6) is -0.521. The number of hydrogen-bond donors (Lipinski definition) is 3. The van der Waals surface area contributed by atoms with E-state index in [1.807, 2.05) is 19.1 Å². The van der Waals surface area contributed by atoms with Gasteiger partial charge in [-0.05, 0) is 44.4 Å².